The molecule has 19 heavy (non-hydrogen) atoms. The van der Waals surface area contributed by atoms with Gasteiger partial charge in [0.25, 0.3) is 0 Å². The molecule has 2 aromatic heterocycles. The van der Waals surface area contributed by atoms with Crippen LogP contribution in [-0.2, 0) is 0 Å². The van der Waals surface area contributed by atoms with Crippen molar-refractivity contribution in [2.24, 2.45) is 0 Å². The Labute approximate surface area is 111 Å². The first-order chi connectivity index (χ1) is 9.38. The average molecular weight is 260 g/mol. The predicted molar refractivity (Wildman–Crippen MR) is 68.7 cm³/mol. The second-order valence-electron chi connectivity index (χ2n) is 4.39. The largest absolute Gasteiger partial charge is 0.477 e. The summed E-state index contributed by atoms with van der Waals surface area (Å²) in [5, 5.41) is 7.36. The lowest BCUT2D eigenvalue weighted by Crippen LogP contribution is -2.13. The topological polar surface area (TPSA) is 73.1 Å². The van der Waals surface area contributed by atoms with E-state index < -0.39 is 0 Å². The van der Waals surface area contributed by atoms with Crippen LogP contribution < -0.4 is 10.1 Å². The van der Waals surface area contributed by atoms with Crippen LogP contribution in [0.25, 0.3) is 11.4 Å². The van der Waals surface area contributed by atoms with Crippen molar-refractivity contribution in [2.75, 3.05) is 13.2 Å². The van der Waals surface area contributed by atoms with Gasteiger partial charge in [0.05, 0.1) is 18.2 Å². The van der Waals surface area contributed by atoms with Gasteiger partial charge in [0.1, 0.15) is 0 Å². The first-order valence-electron chi connectivity index (χ1n) is 6.53. The summed E-state index contributed by atoms with van der Waals surface area (Å²) in [6, 6.07) is 3.89. The molecule has 100 valence electrons. The smallest absolute Gasteiger partial charge is 0.244 e. The van der Waals surface area contributed by atoms with E-state index in [9.17, 15) is 0 Å². The SMILES string of the molecule is CCOc1ncccc1-c1noc(C2CCCN2)n1. The molecule has 0 radical (unpaired) electrons. The van der Waals surface area contributed by atoms with E-state index in [2.05, 4.69) is 20.4 Å². The van der Waals surface area contributed by atoms with Gasteiger partial charge in [-0.15, -0.1) is 0 Å². The number of nitrogens with one attached hydrogen (secondary N) is 1. The Morgan fingerprint density at radius 1 is 1.53 bits per heavy atom. The molecule has 0 amide bonds. The van der Waals surface area contributed by atoms with Crippen LogP contribution in [0.4, 0.5) is 0 Å². The van der Waals surface area contributed by atoms with Crippen LogP contribution in [-0.4, -0.2) is 28.3 Å². The second kappa shape index (κ2) is 5.36. The van der Waals surface area contributed by atoms with E-state index in [0.717, 1.165) is 24.9 Å². The molecule has 0 aromatic carbocycles. The van der Waals surface area contributed by atoms with E-state index in [1.165, 1.54) is 0 Å². The minimum Gasteiger partial charge on any atom is -0.477 e. The molecular weight excluding hydrogens is 244 g/mol. The Hall–Kier alpha value is -1.95. The first-order valence-corrected chi connectivity index (χ1v) is 6.53. The minimum atomic E-state index is 0.175. The summed E-state index contributed by atoms with van der Waals surface area (Å²) in [6.45, 7) is 3.47. The number of pyridine rings is 1. The van der Waals surface area contributed by atoms with Crippen molar-refractivity contribution >= 4 is 0 Å². The Balaban J connectivity index is 1.89. The summed E-state index contributed by atoms with van der Waals surface area (Å²) in [5.41, 5.74) is 0.761. The van der Waals surface area contributed by atoms with E-state index in [-0.39, 0.29) is 6.04 Å². The molecule has 0 aliphatic carbocycles. The van der Waals surface area contributed by atoms with Crippen LogP contribution in [0.2, 0.25) is 0 Å². The molecule has 3 rings (SSSR count). The quantitative estimate of drug-likeness (QED) is 0.905. The van der Waals surface area contributed by atoms with E-state index in [1.807, 2.05) is 19.1 Å². The average Bonchev–Trinajstić information content (AvgIpc) is 3.11. The normalized spacial score (nSPS) is 18.7. The fraction of sp³-hybridized carbons (Fsp3) is 0.462. The van der Waals surface area contributed by atoms with Crippen molar-refractivity contribution in [1.82, 2.24) is 20.4 Å². The molecule has 1 aliphatic rings. The molecule has 0 bridgehead atoms. The number of rotatable bonds is 4. The van der Waals surface area contributed by atoms with Crippen LogP contribution in [0.3, 0.4) is 0 Å². The molecule has 1 saturated heterocycles. The number of aromatic nitrogens is 3. The molecule has 1 aliphatic heterocycles. The van der Waals surface area contributed by atoms with Gasteiger partial charge in [-0.25, -0.2) is 4.98 Å². The van der Waals surface area contributed by atoms with Crippen LogP contribution in [0.15, 0.2) is 22.9 Å². The summed E-state index contributed by atoms with van der Waals surface area (Å²) < 4.78 is 10.8. The van der Waals surface area contributed by atoms with Crippen LogP contribution in [0.1, 0.15) is 31.7 Å². The van der Waals surface area contributed by atoms with E-state index >= 15 is 0 Å². The summed E-state index contributed by atoms with van der Waals surface area (Å²) >= 11 is 0. The van der Waals surface area contributed by atoms with E-state index in [0.29, 0.717) is 24.2 Å². The lowest BCUT2D eigenvalue weighted by Gasteiger charge is -2.04. The maximum Gasteiger partial charge on any atom is 0.244 e. The highest BCUT2D eigenvalue weighted by molar-refractivity contribution is 5.60. The van der Waals surface area contributed by atoms with Crippen LogP contribution in [0.5, 0.6) is 5.88 Å². The molecule has 0 saturated carbocycles. The third-order valence-corrected chi connectivity index (χ3v) is 3.09. The molecule has 6 heteroatoms. The number of hydrogen-bond donors (Lipinski definition) is 1. The highest BCUT2D eigenvalue weighted by Crippen LogP contribution is 2.28. The zero-order valence-corrected chi connectivity index (χ0v) is 10.8. The van der Waals surface area contributed by atoms with Gasteiger partial charge in [-0.05, 0) is 38.4 Å². The van der Waals surface area contributed by atoms with Gasteiger partial charge < -0.3 is 14.6 Å². The predicted octanol–water partition coefficient (Wildman–Crippen LogP) is 1.95. The monoisotopic (exact) mass is 260 g/mol. The zero-order chi connectivity index (χ0) is 13.1. The number of nitrogens with zero attached hydrogens (tertiary/aromatic N) is 3. The van der Waals surface area contributed by atoms with Gasteiger partial charge in [-0.3, -0.25) is 0 Å². The molecule has 1 atom stereocenters. The van der Waals surface area contributed by atoms with Gasteiger partial charge in [-0.1, -0.05) is 5.16 Å². The molecule has 6 nitrogen and oxygen atoms in total. The summed E-state index contributed by atoms with van der Waals surface area (Å²) in [5.74, 6) is 1.70. The third-order valence-electron chi connectivity index (χ3n) is 3.09. The molecule has 2 aromatic rings. The lowest BCUT2D eigenvalue weighted by atomic mass is 10.2. The van der Waals surface area contributed by atoms with Crippen molar-refractivity contribution in [3.8, 4) is 17.3 Å². The van der Waals surface area contributed by atoms with Gasteiger partial charge in [0.2, 0.25) is 17.6 Å². The fourth-order valence-corrected chi connectivity index (χ4v) is 2.19. The third kappa shape index (κ3) is 2.44. The number of hydrogen-bond acceptors (Lipinski definition) is 6. The van der Waals surface area contributed by atoms with Crippen LogP contribution in [0, 0.1) is 0 Å². The van der Waals surface area contributed by atoms with Crippen molar-refractivity contribution < 1.29 is 9.26 Å². The summed E-state index contributed by atoms with van der Waals surface area (Å²) in [6.07, 6.45) is 3.86. The molecule has 1 N–H and O–H groups in total. The summed E-state index contributed by atoms with van der Waals surface area (Å²) in [4.78, 5) is 8.64. The van der Waals surface area contributed by atoms with Crippen molar-refractivity contribution in [3.63, 3.8) is 0 Å². The lowest BCUT2D eigenvalue weighted by molar-refractivity contribution is 0.327. The van der Waals surface area contributed by atoms with Crippen molar-refractivity contribution in [2.45, 2.75) is 25.8 Å². The molecular formula is C13H16N4O2. The Morgan fingerprint density at radius 3 is 3.26 bits per heavy atom. The van der Waals surface area contributed by atoms with Gasteiger partial charge in [-0.2, -0.15) is 4.98 Å². The zero-order valence-electron chi connectivity index (χ0n) is 10.8. The Morgan fingerprint density at radius 2 is 2.47 bits per heavy atom. The fourth-order valence-electron chi connectivity index (χ4n) is 2.19. The standard InChI is InChI=1S/C13H16N4O2/c1-2-18-12-9(5-3-8-15-12)11-16-13(19-17-11)10-6-4-7-14-10/h3,5,8,10,14H,2,4,6-7H2,1H3. The van der Waals surface area contributed by atoms with Gasteiger partial charge >= 0.3 is 0 Å². The highest BCUT2D eigenvalue weighted by Gasteiger charge is 2.23. The molecule has 0 spiro atoms. The van der Waals surface area contributed by atoms with Crippen molar-refractivity contribution in [3.05, 3.63) is 24.2 Å². The van der Waals surface area contributed by atoms with Crippen LogP contribution >= 0.6 is 0 Å². The molecule has 1 fully saturated rings. The Kier molecular flexibility index (Phi) is 3.41. The highest BCUT2D eigenvalue weighted by atomic mass is 16.5. The maximum atomic E-state index is 5.48. The molecule has 3 heterocycles. The minimum absolute atomic E-state index is 0.175. The van der Waals surface area contributed by atoms with Gasteiger partial charge in [0, 0.05) is 6.20 Å². The summed E-state index contributed by atoms with van der Waals surface area (Å²) in [7, 11) is 0. The molecule has 1 unspecified atom stereocenters. The Bertz CT molecular complexity index is 549. The second-order valence-corrected chi connectivity index (χ2v) is 4.39. The first kappa shape index (κ1) is 12.1. The number of ether oxygens (including phenoxy) is 1. The maximum absolute atomic E-state index is 5.48. The van der Waals surface area contributed by atoms with Crippen molar-refractivity contribution in [1.29, 1.82) is 0 Å². The van der Waals surface area contributed by atoms with Gasteiger partial charge in [0.15, 0.2) is 0 Å². The van der Waals surface area contributed by atoms with E-state index in [1.54, 1.807) is 6.20 Å². The van der Waals surface area contributed by atoms with E-state index in [4.69, 9.17) is 9.26 Å².